The van der Waals surface area contributed by atoms with Crippen LogP contribution in [0.3, 0.4) is 0 Å². The monoisotopic (exact) mass is 190 g/mol. The fourth-order valence-corrected chi connectivity index (χ4v) is 2.01. The molecule has 0 amide bonds. The molecule has 0 aromatic rings. The average molecular weight is 191 g/mol. The normalized spacial score (nSPS) is 16.5. The summed E-state index contributed by atoms with van der Waals surface area (Å²) in [7, 11) is 0. The first-order valence-corrected chi connectivity index (χ1v) is 5.73. The highest BCUT2D eigenvalue weighted by Gasteiger charge is 2.16. The van der Waals surface area contributed by atoms with Crippen LogP contribution in [-0.4, -0.2) is 5.38 Å². The molecular weight excluding hydrogens is 168 g/mol. The third-order valence-corrected chi connectivity index (χ3v) is 3.32. The molecule has 0 radical (unpaired) electrons. The molecule has 0 rings (SSSR count). The minimum Gasteiger partial charge on any atom is -0.123 e. The molecule has 74 valence electrons. The second-order valence-electron chi connectivity index (χ2n) is 3.76. The fourth-order valence-electron chi connectivity index (χ4n) is 1.73. The summed E-state index contributed by atoms with van der Waals surface area (Å²) in [6.07, 6.45) is 5.14. The van der Waals surface area contributed by atoms with Gasteiger partial charge in [-0.05, 0) is 25.2 Å². The van der Waals surface area contributed by atoms with Gasteiger partial charge >= 0.3 is 0 Å². The second-order valence-corrected chi connectivity index (χ2v) is 4.45. The Morgan fingerprint density at radius 3 is 1.75 bits per heavy atom. The molecule has 0 N–H and O–H groups in total. The van der Waals surface area contributed by atoms with Crippen molar-refractivity contribution in [3.05, 3.63) is 0 Å². The zero-order valence-corrected chi connectivity index (χ0v) is 9.69. The maximum Gasteiger partial charge on any atom is 0.0336 e. The lowest BCUT2D eigenvalue weighted by Crippen LogP contribution is -2.15. The van der Waals surface area contributed by atoms with Crippen molar-refractivity contribution in [1.29, 1.82) is 0 Å². The van der Waals surface area contributed by atoms with Crippen molar-refractivity contribution < 1.29 is 0 Å². The molecule has 0 aromatic heterocycles. The molecule has 1 heteroatoms. The van der Waals surface area contributed by atoms with Gasteiger partial charge in [-0.25, -0.2) is 0 Å². The molecule has 0 bridgehead atoms. The summed E-state index contributed by atoms with van der Waals surface area (Å²) in [5.41, 5.74) is 0. The molecule has 0 aliphatic carbocycles. The van der Waals surface area contributed by atoms with Gasteiger partial charge in [-0.3, -0.25) is 0 Å². The summed E-state index contributed by atoms with van der Waals surface area (Å²) in [6, 6.07) is 0. The summed E-state index contributed by atoms with van der Waals surface area (Å²) in [5, 5.41) is 0.343. The maximum atomic E-state index is 6.10. The molecule has 0 aliphatic heterocycles. The fraction of sp³-hybridized carbons (Fsp3) is 1.00. The Hall–Kier alpha value is 0.290. The largest absolute Gasteiger partial charge is 0.123 e. The predicted molar refractivity (Wildman–Crippen MR) is 57.8 cm³/mol. The number of hydrogen-bond donors (Lipinski definition) is 0. The van der Waals surface area contributed by atoms with Gasteiger partial charge in [0.2, 0.25) is 0 Å². The van der Waals surface area contributed by atoms with Crippen molar-refractivity contribution in [3.63, 3.8) is 0 Å². The van der Waals surface area contributed by atoms with Gasteiger partial charge in [0.25, 0.3) is 0 Å². The minimum atomic E-state index is 0.343. The first-order valence-electron chi connectivity index (χ1n) is 5.29. The molecule has 12 heavy (non-hydrogen) atoms. The topological polar surface area (TPSA) is 0 Å². The molecular formula is C11H23Cl. The summed E-state index contributed by atoms with van der Waals surface area (Å²) in [4.78, 5) is 0. The minimum absolute atomic E-state index is 0.343. The Bertz CT molecular complexity index is 95.2. The standard InChI is InChI=1S/C11H23Cl/c1-5-10(6-2)8-11(7-3)9(4)12/h9-11H,5-8H2,1-4H3. The Labute approximate surface area is 82.7 Å². The summed E-state index contributed by atoms with van der Waals surface area (Å²) < 4.78 is 0. The van der Waals surface area contributed by atoms with Gasteiger partial charge in [0, 0.05) is 5.38 Å². The van der Waals surface area contributed by atoms with Gasteiger partial charge in [0.15, 0.2) is 0 Å². The van der Waals surface area contributed by atoms with Gasteiger partial charge in [-0.2, -0.15) is 0 Å². The quantitative estimate of drug-likeness (QED) is 0.543. The highest BCUT2D eigenvalue weighted by atomic mass is 35.5. The highest BCUT2D eigenvalue weighted by Crippen LogP contribution is 2.26. The number of alkyl halides is 1. The zero-order chi connectivity index (χ0) is 9.56. The Morgan fingerprint density at radius 1 is 1.00 bits per heavy atom. The first kappa shape index (κ1) is 12.3. The summed E-state index contributed by atoms with van der Waals surface area (Å²) in [6.45, 7) is 8.92. The Morgan fingerprint density at radius 2 is 1.50 bits per heavy atom. The van der Waals surface area contributed by atoms with E-state index < -0.39 is 0 Å². The smallest absolute Gasteiger partial charge is 0.0336 e. The summed E-state index contributed by atoms with van der Waals surface area (Å²) >= 11 is 6.10. The molecule has 0 saturated carbocycles. The molecule has 0 fully saturated rings. The van der Waals surface area contributed by atoms with Crippen molar-refractivity contribution in [2.75, 3.05) is 0 Å². The van der Waals surface area contributed by atoms with Crippen LogP contribution in [-0.2, 0) is 0 Å². The van der Waals surface area contributed by atoms with E-state index in [1.165, 1.54) is 25.7 Å². The van der Waals surface area contributed by atoms with E-state index in [1.54, 1.807) is 0 Å². The van der Waals surface area contributed by atoms with E-state index in [0.29, 0.717) is 5.38 Å². The van der Waals surface area contributed by atoms with E-state index in [2.05, 4.69) is 27.7 Å². The van der Waals surface area contributed by atoms with Crippen LogP contribution in [0, 0.1) is 11.8 Å². The lowest BCUT2D eigenvalue weighted by atomic mass is 9.87. The summed E-state index contributed by atoms with van der Waals surface area (Å²) in [5.74, 6) is 1.60. The van der Waals surface area contributed by atoms with Gasteiger partial charge in [0.1, 0.15) is 0 Å². The molecule has 0 saturated heterocycles. The maximum absolute atomic E-state index is 6.10. The van der Waals surface area contributed by atoms with Gasteiger partial charge in [0.05, 0.1) is 0 Å². The van der Waals surface area contributed by atoms with Crippen LogP contribution in [0.15, 0.2) is 0 Å². The van der Waals surface area contributed by atoms with E-state index >= 15 is 0 Å². The van der Waals surface area contributed by atoms with Crippen LogP contribution in [0.5, 0.6) is 0 Å². The van der Waals surface area contributed by atoms with Gasteiger partial charge in [-0.1, -0.05) is 40.0 Å². The Balaban J connectivity index is 3.82. The zero-order valence-electron chi connectivity index (χ0n) is 8.94. The van der Waals surface area contributed by atoms with Crippen molar-refractivity contribution in [1.82, 2.24) is 0 Å². The lowest BCUT2D eigenvalue weighted by Gasteiger charge is -2.22. The Kier molecular flexibility index (Phi) is 6.93. The van der Waals surface area contributed by atoms with Crippen LogP contribution >= 0.6 is 11.6 Å². The second kappa shape index (κ2) is 6.77. The van der Waals surface area contributed by atoms with Crippen LogP contribution in [0.1, 0.15) is 53.4 Å². The SMILES string of the molecule is CCC(CC)CC(CC)C(C)Cl. The van der Waals surface area contributed by atoms with Crippen LogP contribution in [0.2, 0.25) is 0 Å². The molecule has 0 nitrogen and oxygen atoms in total. The van der Waals surface area contributed by atoms with E-state index in [1.807, 2.05) is 0 Å². The first-order chi connectivity index (χ1) is 5.65. The van der Waals surface area contributed by atoms with E-state index in [0.717, 1.165) is 11.8 Å². The van der Waals surface area contributed by atoms with E-state index in [-0.39, 0.29) is 0 Å². The highest BCUT2D eigenvalue weighted by molar-refractivity contribution is 6.20. The van der Waals surface area contributed by atoms with Crippen LogP contribution in [0.4, 0.5) is 0 Å². The lowest BCUT2D eigenvalue weighted by molar-refractivity contribution is 0.341. The van der Waals surface area contributed by atoms with Crippen molar-refractivity contribution in [3.8, 4) is 0 Å². The average Bonchev–Trinajstić information content (AvgIpc) is 2.06. The van der Waals surface area contributed by atoms with Crippen molar-refractivity contribution in [2.45, 2.75) is 58.8 Å². The molecule has 0 aromatic carbocycles. The molecule has 2 atom stereocenters. The van der Waals surface area contributed by atoms with Crippen LogP contribution < -0.4 is 0 Å². The van der Waals surface area contributed by atoms with Crippen molar-refractivity contribution in [2.24, 2.45) is 11.8 Å². The number of halogens is 1. The molecule has 0 aliphatic rings. The molecule has 2 unspecified atom stereocenters. The van der Waals surface area contributed by atoms with Gasteiger partial charge < -0.3 is 0 Å². The van der Waals surface area contributed by atoms with Crippen LogP contribution in [0.25, 0.3) is 0 Å². The third-order valence-electron chi connectivity index (χ3n) is 2.96. The third kappa shape index (κ3) is 4.35. The van der Waals surface area contributed by atoms with E-state index in [9.17, 15) is 0 Å². The van der Waals surface area contributed by atoms with Crippen molar-refractivity contribution >= 4 is 11.6 Å². The molecule has 0 heterocycles. The predicted octanol–water partition coefficient (Wildman–Crippen LogP) is 4.47. The number of rotatable bonds is 6. The van der Waals surface area contributed by atoms with E-state index in [4.69, 9.17) is 11.6 Å². The molecule has 0 spiro atoms. The number of hydrogen-bond acceptors (Lipinski definition) is 0. The van der Waals surface area contributed by atoms with Gasteiger partial charge in [-0.15, -0.1) is 11.6 Å².